The SMILES string of the molecule is C[Si](C)(C)CCOC(=O)N1CCCC1. The number of carbonyl (C=O) groups is 1. The molecule has 0 atom stereocenters. The van der Waals surface area contributed by atoms with Crippen LogP contribution in [0.25, 0.3) is 0 Å². The van der Waals surface area contributed by atoms with Crippen LogP contribution in [0.2, 0.25) is 25.7 Å². The molecule has 0 unspecified atom stereocenters. The molecular formula is C10H21NO2Si. The number of hydrogen-bond donors (Lipinski definition) is 0. The van der Waals surface area contributed by atoms with E-state index in [-0.39, 0.29) is 6.09 Å². The molecule has 1 rings (SSSR count). The van der Waals surface area contributed by atoms with E-state index in [1.54, 1.807) is 0 Å². The molecule has 1 saturated heterocycles. The maximum absolute atomic E-state index is 11.5. The molecule has 3 nitrogen and oxygen atoms in total. The van der Waals surface area contributed by atoms with Crippen molar-refractivity contribution in [2.24, 2.45) is 0 Å². The van der Waals surface area contributed by atoms with Crippen LogP contribution >= 0.6 is 0 Å². The third kappa shape index (κ3) is 4.13. The van der Waals surface area contributed by atoms with E-state index >= 15 is 0 Å². The number of amides is 1. The van der Waals surface area contributed by atoms with Gasteiger partial charge in [-0.1, -0.05) is 19.6 Å². The van der Waals surface area contributed by atoms with Gasteiger partial charge in [0.25, 0.3) is 0 Å². The van der Waals surface area contributed by atoms with E-state index in [9.17, 15) is 4.79 Å². The van der Waals surface area contributed by atoms with Crippen molar-refractivity contribution < 1.29 is 9.53 Å². The van der Waals surface area contributed by atoms with Crippen LogP contribution < -0.4 is 0 Å². The summed E-state index contributed by atoms with van der Waals surface area (Å²) in [6.07, 6.45) is 2.15. The van der Waals surface area contributed by atoms with E-state index < -0.39 is 8.07 Å². The Morgan fingerprint density at radius 2 is 1.86 bits per heavy atom. The second kappa shape index (κ2) is 4.82. The lowest BCUT2D eigenvalue weighted by Crippen LogP contribution is -2.30. The molecule has 0 N–H and O–H groups in total. The molecule has 0 bridgehead atoms. The van der Waals surface area contributed by atoms with Crippen molar-refractivity contribution in [3.63, 3.8) is 0 Å². The Labute approximate surface area is 87.4 Å². The molecule has 1 aliphatic heterocycles. The van der Waals surface area contributed by atoms with Crippen LogP contribution in [-0.2, 0) is 4.74 Å². The second-order valence-corrected chi connectivity index (χ2v) is 10.7. The number of likely N-dealkylation sites (tertiary alicyclic amines) is 1. The first-order valence-corrected chi connectivity index (χ1v) is 9.11. The zero-order valence-corrected chi connectivity index (χ0v) is 10.5. The van der Waals surface area contributed by atoms with E-state index in [0.717, 1.165) is 32.0 Å². The minimum Gasteiger partial charge on any atom is -0.450 e. The molecule has 1 aliphatic rings. The Hall–Kier alpha value is -0.513. The highest BCUT2D eigenvalue weighted by molar-refractivity contribution is 6.76. The number of ether oxygens (including phenoxy) is 1. The van der Waals surface area contributed by atoms with E-state index in [4.69, 9.17) is 4.74 Å². The molecular weight excluding hydrogens is 194 g/mol. The Morgan fingerprint density at radius 3 is 2.36 bits per heavy atom. The van der Waals surface area contributed by atoms with E-state index in [1.165, 1.54) is 0 Å². The fourth-order valence-electron chi connectivity index (χ4n) is 1.44. The summed E-state index contributed by atoms with van der Waals surface area (Å²) in [4.78, 5) is 13.3. The van der Waals surface area contributed by atoms with Gasteiger partial charge >= 0.3 is 6.09 Å². The smallest absolute Gasteiger partial charge is 0.409 e. The Balaban J connectivity index is 2.15. The number of hydrogen-bond acceptors (Lipinski definition) is 2. The maximum Gasteiger partial charge on any atom is 0.409 e. The number of rotatable bonds is 3. The topological polar surface area (TPSA) is 29.5 Å². The van der Waals surface area contributed by atoms with Gasteiger partial charge in [0.05, 0.1) is 6.61 Å². The lowest BCUT2D eigenvalue weighted by atomic mass is 10.4. The maximum atomic E-state index is 11.5. The first-order chi connectivity index (χ1) is 6.49. The fraction of sp³-hybridized carbons (Fsp3) is 0.900. The van der Waals surface area contributed by atoms with Gasteiger partial charge in [-0.25, -0.2) is 4.79 Å². The van der Waals surface area contributed by atoms with Gasteiger partial charge in [0.1, 0.15) is 0 Å². The molecule has 0 aromatic carbocycles. The van der Waals surface area contributed by atoms with Crippen LogP contribution in [0.5, 0.6) is 0 Å². The van der Waals surface area contributed by atoms with Crippen molar-refractivity contribution in [1.29, 1.82) is 0 Å². The van der Waals surface area contributed by atoms with Gasteiger partial charge in [0, 0.05) is 21.2 Å². The highest BCUT2D eigenvalue weighted by atomic mass is 28.3. The molecule has 4 heteroatoms. The van der Waals surface area contributed by atoms with Crippen LogP contribution in [0.4, 0.5) is 4.79 Å². The first-order valence-electron chi connectivity index (χ1n) is 5.41. The highest BCUT2D eigenvalue weighted by Gasteiger charge is 2.20. The van der Waals surface area contributed by atoms with Crippen LogP contribution in [0, 0.1) is 0 Å². The minimum absolute atomic E-state index is 0.110. The molecule has 1 fully saturated rings. The highest BCUT2D eigenvalue weighted by Crippen LogP contribution is 2.11. The normalized spacial score (nSPS) is 17.2. The van der Waals surface area contributed by atoms with E-state index in [2.05, 4.69) is 19.6 Å². The lowest BCUT2D eigenvalue weighted by Gasteiger charge is -2.18. The predicted octanol–water partition coefficient (Wildman–Crippen LogP) is 2.56. The molecule has 0 aliphatic carbocycles. The Bertz CT molecular complexity index is 195. The summed E-state index contributed by atoms with van der Waals surface area (Å²) in [7, 11) is -1.06. The molecule has 82 valence electrons. The second-order valence-electron chi connectivity index (χ2n) is 5.12. The third-order valence-corrected chi connectivity index (χ3v) is 4.15. The Kier molecular flexibility index (Phi) is 3.98. The standard InChI is InChI=1S/C10H21NO2Si/c1-14(2,3)9-8-13-10(12)11-6-4-5-7-11/h4-9H2,1-3H3. The zero-order valence-electron chi connectivity index (χ0n) is 9.51. The summed E-state index contributed by atoms with van der Waals surface area (Å²) in [6, 6.07) is 1.06. The molecule has 0 saturated carbocycles. The molecule has 0 radical (unpaired) electrons. The van der Waals surface area contributed by atoms with Gasteiger partial charge in [-0.05, 0) is 18.9 Å². The van der Waals surface area contributed by atoms with Crippen LogP contribution in [0.15, 0.2) is 0 Å². The van der Waals surface area contributed by atoms with Gasteiger partial charge in [-0.3, -0.25) is 0 Å². The molecule has 14 heavy (non-hydrogen) atoms. The molecule has 1 heterocycles. The zero-order chi connectivity index (χ0) is 10.6. The average molecular weight is 215 g/mol. The van der Waals surface area contributed by atoms with Crippen molar-refractivity contribution in [2.45, 2.75) is 38.5 Å². The van der Waals surface area contributed by atoms with Gasteiger partial charge in [-0.15, -0.1) is 0 Å². The Morgan fingerprint density at radius 1 is 1.29 bits per heavy atom. The fourth-order valence-corrected chi connectivity index (χ4v) is 2.15. The molecule has 1 amide bonds. The van der Waals surface area contributed by atoms with Crippen molar-refractivity contribution in [1.82, 2.24) is 4.90 Å². The number of nitrogens with zero attached hydrogens (tertiary/aromatic N) is 1. The van der Waals surface area contributed by atoms with E-state index in [0.29, 0.717) is 6.61 Å². The van der Waals surface area contributed by atoms with E-state index in [1.807, 2.05) is 4.90 Å². The average Bonchev–Trinajstić information content (AvgIpc) is 2.53. The number of carbonyl (C=O) groups excluding carboxylic acids is 1. The van der Waals surface area contributed by atoms with Crippen molar-refractivity contribution in [2.75, 3.05) is 19.7 Å². The van der Waals surface area contributed by atoms with Gasteiger partial charge in [-0.2, -0.15) is 0 Å². The molecule has 0 aromatic heterocycles. The van der Waals surface area contributed by atoms with Gasteiger partial charge < -0.3 is 9.64 Å². The summed E-state index contributed by atoms with van der Waals surface area (Å²) < 4.78 is 5.22. The predicted molar refractivity (Wildman–Crippen MR) is 60.3 cm³/mol. The molecule has 0 aromatic rings. The quantitative estimate of drug-likeness (QED) is 0.677. The minimum atomic E-state index is -1.06. The monoisotopic (exact) mass is 215 g/mol. The van der Waals surface area contributed by atoms with Crippen LogP contribution in [0.3, 0.4) is 0 Å². The van der Waals surface area contributed by atoms with Crippen LogP contribution in [0.1, 0.15) is 12.8 Å². The first kappa shape index (κ1) is 11.6. The van der Waals surface area contributed by atoms with Crippen LogP contribution in [-0.4, -0.2) is 38.8 Å². The summed E-state index contributed by atoms with van der Waals surface area (Å²) in [6.45, 7) is 9.23. The third-order valence-electron chi connectivity index (χ3n) is 2.44. The largest absolute Gasteiger partial charge is 0.450 e. The molecule has 0 spiro atoms. The summed E-state index contributed by atoms with van der Waals surface area (Å²) >= 11 is 0. The van der Waals surface area contributed by atoms with Crippen molar-refractivity contribution in [3.8, 4) is 0 Å². The van der Waals surface area contributed by atoms with Gasteiger partial charge in [0.2, 0.25) is 0 Å². The van der Waals surface area contributed by atoms with Crippen molar-refractivity contribution in [3.05, 3.63) is 0 Å². The lowest BCUT2D eigenvalue weighted by molar-refractivity contribution is 0.115. The summed E-state index contributed by atoms with van der Waals surface area (Å²) in [5.74, 6) is 0. The summed E-state index contributed by atoms with van der Waals surface area (Å²) in [5.41, 5.74) is 0. The van der Waals surface area contributed by atoms with Crippen molar-refractivity contribution >= 4 is 14.2 Å². The summed E-state index contributed by atoms with van der Waals surface area (Å²) in [5, 5.41) is 0. The van der Waals surface area contributed by atoms with Gasteiger partial charge in [0.15, 0.2) is 0 Å².